The Morgan fingerprint density at radius 3 is 2.60 bits per heavy atom. The van der Waals surface area contributed by atoms with E-state index in [1.165, 1.54) is 12.1 Å². The van der Waals surface area contributed by atoms with Crippen molar-refractivity contribution in [2.75, 3.05) is 52.5 Å². The second-order valence-electron chi connectivity index (χ2n) is 7.58. The van der Waals surface area contributed by atoms with Crippen molar-refractivity contribution >= 4 is 0 Å². The fraction of sp³-hybridized carbons (Fsp3) is 0.478. The van der Waals surface area contributed by atoms with Crippen LogP contribution in [0, 0.1) is 11.6 Å². The van der Waals surface area contributed by atoms with E-state index in [0.717, 1.165) is 31.3 Å². The zero-order valence-electron chi connectivity index (χ0n) is 17.2. The van der Waals surface area contributed by atoms with Gasteiger partial charge in [-0.25, -0.2) is 8.78 Å². The number of nitrogens with zero attached hydrogens (tertiary/aromatic N) is 2. The van der Waals surface area contributed by atoms with Gasteiger partial charge in [0, 0.05) is 50.9 Å². The van der Waals surface area contributed by atoms with Gasteiger partial charge in [-0.2, -0.15) is 0 Å². The molecular formula is C23H30F2N2O3. The van der Waals surface area contributed by atoms with Gasteiger partial charge in [0.1, 0.15) is 11.6 Å². The number of ether oxygens (including phenoxy) is 2. The van der Waals surface area contributed by atoms with E-state index in [2.05, 4.69) is 4.90 Å². The first-order valence-corrected chi connectivity index (χ1v) is 10.4. The maximum absolute atomic E-state index is 14.2. The summed E-state index contributed by atoms with van der Waals surface area (Å²) in [4.78, 5) is 4.28. The maximum Gasteiger partial charge on any atom is 0.130 e. The number of benzene rings is 2. The average Bonchev–Trinajstić information content (AvgIpc) is 2.75. The Bertz CT molecular complexity index is 757. The van der Waals surface area contributed by atoms with Gasteiger partial charge in [0.15, 0.2) is 0 Å². The highest BCUT2D eigenvalue weighted by Crippen LogP contribution is 2.13. The lowest BCUT2D eigenvalue weighted by Crippen LogP contribution is -2.43. The largest absolute Gasteiger partial charge is 0.389 e. The van der Waals surface area contributed by atoms with Crippen molar-refractivity contribution in [1.82, 2.24) is 9.80 Å². The van der Waals surface area contributed by atoms with Crippen LogP contribution in [0.2, 0.25) is 0 Å². The van der Waals surface area contributed by atoms with E-state index in [9.17, 15) is 13.9 Å². The summed E-state index contributed by atoms with van der Waals surface area (Å²) >= 11 is 0. The highest BCUT2D eigenvalue weighted by atomic mass is 19.1. The molecule has 30 heavy (non-hydrogen) atoms. The molecule has 0 radical (unpaired) electrons. The van der Waals surface area contributed by atoms with Gasteiger partial charge in [-0.05, 0) is 11.6 Å². The van der Waals surface area contributed by atoms with E-state index in [-0.39, 0.29) is 6.61 Å². The van der Waals surface area contributed by atoms with Gasteiger partial charge in [-0.3, -0.25) is 9.80 Å². The van der Waals surface area contributed by atoms with Gasteiger partial charge in [-0.15, -0.1) is 0 Å². The first kappa shape index (κ1) is 22.8. The fourth-order valence-corrected chi connectivity index (χ4v) is 3.47. The van der Waals surface area contributed by atoms with Crippen molar-refractivity contribution in [2.24, 2.45) is 0 Å². The lowest BCUT2D eigenvalue weighted by molar-refractivity contribution is 0.00194. The van der Waals surface area contributed by atoms with Gasteiger partial charge in [-0.1, -0.05) is 36.4 Å². The SMILES string of the molecule is O[C@H](COCc1ccccc1)CN(CCN1CCOCC1)Cc1ccc(F)cc1F. The zero-order chi connectivity index (χ0) is 21.2. The summed E-state index contributed by atoms with van der Waals surface area (Å²) in [7, 11) is 0. The molecule has 1 fully saturated rings. The molecule has 7 heteroatoms. The first-order valence-electron chi connectivity index (χ1n) is 10.4. The number of hydrogen-bond donors (Lipinski definition) is 1. The van der Waals surface area contributed by atoms with Crippen LogP contribution in [0.25, 0.3) is 0 Å². The molecule has 0 aliphatic carbocycles. The summed E-state index contributed by atoms with van der Waals surface area (Å²) < 4.78 is 38.4. The Morgan fingerprint density at radius 1 is 1.10 bits per heavy atom. The second kappa shape index (κ2) is 12.1. The average molecular weight is 421 g/mol. The van der Waals surface area contributed by atoms with Gasteiger partial charge in [0.05, 0.1) is 32.5 Å². The Kier molecular flexibility index (Phi) is 9.17. The van der Waals surface area contributed by atoms with E-state index >= 15 is 0 Å². The molecule has 2 aromatic rings. The molecular weight excluding hydrogens is 390 g/mol. The Morgan fingerprint density at radius 2 is 1.87 bits per heavy atom. The van der Waals surface area contributed by atoms with Crippen molar-refractivity contribution in [1.29, 1.82) is 0 Å². The van der Waals surface area contributed by atoms with Crippen molar-refractivity contribution < 1.29 is 23.4 Å². The van der Waals surface area contributed by atoms with Gasteiger partial charge in [0.2, 0.25) is 0 Å². The van der Waals surface area contributed by atoms with Crippen LogP contribution in [0.5, 0.6) is 0 Å². The molecule has 5 nitrogen and oxygen atoms in total. The van der Waals surface area contributed by atoms with Crippen LogP contribution in [0.4, 0.5) is 8.78 Å². The van der Waals surface area contributed by atoms with Gasteiger partial charge < -0.3 is 14.6 Å². The number of aliphatic hydroxyl groups is 1. The van der Waals surface area contributed by atoms with Crippen LogP contribution in [-0.4, -0.2) is 73.6 Å². The van der Waals surface area contributed by atoms with Crippen LogP contribution in [0.3, 0.4) is 0 Å². The van der Waals surface area contributed by atoms with Crippen LogP contribution >= 0.6 is 0 Å². The maximum atomic E-state index is 14.2. The fourth-order valence-electron chi connectivity index (χ4n) is 3.47. The molecule has 1 aliphatic heterocycles. The van der Waals surface area contributed by atoms with Crippen LogP contribution in [-0.2, 0) is 22.6 Å². The standard InChI is InChI=1S/C23H30F2N2O3/c24-21-7-6-20(23(25)14-21)15-27(9-8-26-10-12-29-13-11-26)16-22(28)18-30-17-19-4-2-1-3-5-19/h1-7,14,22,28H,8-13,15-18H2/t22-/m0/s1. The number of morpholine rings is 1. The second-order valence-corrected chi connectivity index (χ2v) is 7.58. The van der Waals surface area contributed by atoms with Crippen molar-refractivity contribution in [3.8, 4) is 0 Å². The van der Waals surface area contributed by atoms with Crippen LogP contribution < -0.4 is 0 Å². The summed E-state index contributed by atoms with van der Waals surface area (Å²) in [5, 5.41) is 10.5. The van der Waals surface area contributed by atoms with Crippen LogP contribution in [0.1, 0.15) is 11.1 Å². The quantitative estimate of drug-likeness (QED) is 0.606. The third-order valence-corrected chi connectivity index (χ3v) is 5.14. The number of halogens is 2. The molecule has 1 saturated heterocycles. The number of aliphatic hydroxyl groups excluding tert-OH is 1. The molecule has 3 rings (SSSR count). The highest BCUT2D eigenvalue weighted by Gasteiger charge is 2.17. The molecule has 0 aromatic heterocycles. The van der Waals surface area contributed by atoms with Gasteiger partial charge >= 0.3 is 0 Å². The van der Waals surface area contributed by atoms with Crippen molar-refractivity contribution in [2.45, 2.75) is 19.3 Å². The van der Waals surface area contributed by atoms with Crippen LogP contribution in [0.15, 0.2) is 48.5 Å². The van der Waals surface area contributed by atoms with E-state index in [4.69, 9.17) is 9.47 Å². The lowest BCUT2D eigenvalue weighted by Gasteiger charge is -2.31. The monoisotopic (exact) mass is 420 g/mol. The minimum atomic E-state index is -0.707. The molecule has 1 heterocycles. The molecule has 1 atom stereocenters. The molecule has 0 bridgehead atoms. The minimum absolute atomic E-state index is 0.189. The molecule has 1 N–H and O–H groups in total. The zero-order valence-corrected chi connectivity index (χ0v) is 17.2. The predicted molar refractivity (Wildman–Crippen MR) is 111 cm³/mol. The Hall–Kier alpha value is -1.90. The van der Waals surface area contributed by atoms with E-state index in [1.54, 1.807) is 0 Å². The number of rotatable bonds is 11. The minimum Gasteiger partial charge on any atom is -0.389 e. The van der Waals surface area contributed by atoms with E-state index in [0.29, 0.717) is 45.0 Å². The third-order valence-electron chi connectivity index (χ3n) is 5.14. The third kappa shape index (κ3) is 7.74. The summed E-state index contributed by atoms with van der Waals surface area (Å²) in [5.41, 5.74) is 1.46. The lowest BCUT2D eigenvalue weighted by atomic mass is 10.2. The molecule has 164 valence electrons. The van der Waals surface area contributed by atoms with E-state index < -0.39 is 17.7 Å². The molecule has 0 spiro atoms. The molecule has 0 amide bonds. The molecule has 0 saturated carbocycles. The Labute approximate surface area is 176 Å². The van der Waals surface area contributed by atoms with Gasteiger partial charge in [0.25, 0.3) is 0 Å². The summed E-state index contributed by atoms with van der Waals surface area (Å²) in [6.07, 6.45) is -0.707. The first-order chi connectivity index (χ1) is 14.6. The summed E-state index contributed by atoms with van der Waals surface area (Å²) in [5.74, 6) is -1.16. The smallest absolute Gasteiger partial charge is 0.130 e. The predicted octanol–water partition coefficient (Wildman–Crippen LogP) is 2.68. The summed E-state index contributed by atoms with van der Waals surface area (Å²) in [6, 6.07) is 13.4. The molecule has 0 unspecified atom stereocenters. The normalized spacial score (nSPS) is 16.1. The summed E-state index contributed by atoms with van der Waals surface area (Å²) in [6.45, 7) is 5.86. The topological polar surface area (TPSA) is 45.2 Å². The van der Waals surface area contributed by atoms with E-state index in [1.807, 2.05) is 35.2 Å². The Balaban J connectivity index is 1.53. The number of hydrogen-bond acceptors (Lipinski definition) is 5. The van der Waals surface area contributed by atoms with Crippen molar-refractivity contribution in [3.05, 3.63) is 71.3 Å². The highest BCUT2D eigenvalue weighted by molar-refractivity contribution is 5.18. The molecule has 1 aliphatic rings. The van der Waals surface area contributed by atoms with Crippen molar-refractivity contribution in [3.63, 3.8) is 0 Å². The molecule has 2 aromatic carbocycles.